The summed E-state index contributed by atoms with van der Waals surface area (Å²) in [6, 6.07) is 9.44. The molecule has 0 aliphatic rings. The fourth-order valence-corrected chi connectivity index (χ4v) is 2.06. The molecule has 0 bridgehead atoms. The first-order valence-corrected chi connectivity index (χ1v) is 5.74. The van der Waals surface area contributed by atoms with Crippen LogP contribution in [0.25, 0.3) is 0 Å². The predicted octanol–water partition coefficient (Wildman–Crippen LogP) is 1.99. The molecule has 2 aromatic rings. The van der Waals surface area contributed by atoms with Crippen molar-refractivity contribution in [2.75, 3.05) is 0 Å². The van der Waals surface area contributed by atoms with Gasteiger partial charge in [0.2, 0.25) is 0 Å². The van der Waals surface area contributed by atoms with Crippen molar-refractivity contribution in [2.24, 2.45) is 0 Å². The third-order valence-electron chi connectivity index (χ3n) is 2.09. The van der Waals surface area contributed by atoms with Crippen molar-refractivity contribution in [3.8, 4) is 6.07 Å². The maximum atomic E-state index is 8.93. The van der Waals surface area contributed by atoms with Crippen LogP contribution in [-0.4, -0.2) is 15.1 Å². The van der Waals surface area contributed by atoms with Crippen molar-refractivity contribution < 1.29 is 5.11 Å². The van der Waals surface area contributed by atoms with Gasteiger partial charge in [-0.25, -0.2) is 9.97 Å². The number of aliphatic hydroxyl groups excluding tert-OH is 1. The highest BCUT2D eigenvalue weighted by Crippen LogP contribution is 2.27. The second-order valence-electron chi connectivity index (χ2n) is 3.23. The van der Waals surface area contributed by atoms with Crippen molar-refractivity contribution in [3.05, 3.63) is 47.9 Å². The van der Waals surface area contributed by atoms with Crippen molar-refractivity contribution in [3.63, 3.8) is 0 Å². The Bertz CT molecular complexity index is 548. The minimum absolute atomic E-state index is 0.0273. The number of hydrogen-bond donors (Lipinski definition) is 1. The molecule has 5 heteroatoms. The minimum atomic E-state index is 0.0273. The van der Waals surface area contributed by atoms with Gasteiger partial charge in [0.15, 0.2) is 5.69 Å². The van der Waals surface area contributed by atoms with Crippen LogP contribution in [0.4, 0.5) is 0 Å². The quantitative estimate of drug-likeness (QED) is 0.892. The van der Waals surface area contributed by atoms with Crippen molar-refractivity contribution in [1.82, 2.24) is 9.97 Å². The van der Waals surface area contributed by atoms with E-state index in [0.717, 1.165) is 10.5 Å². The Hall–Kier alpha value is -1.90. The second kappa shape index (κ2) is 5.43. The van der Waals surface area contributed by atoms with E-state index in [2.05, 4.69) is 9.97 Å². The van der Waals surface area contributed by atoms with E-state index in [4.69, 9.17) is 10.4 Å². The summed E-state index contributed by atoms with van der Waals surface area (Å²) >= 11 is 1.38. The summed E-state index contributed by atoms with van der Waals surface area (Å²) in [5.41, 5.74) is 1.18. The normalized spacial score (nSPS) is 9.88. The van der Waals surface area contributed by atoms with Crippen molar-refractivity contribution in [1.29, 1.82) is 5.26 Å². The first-order valence-electron chi connectivity index (χ1n) is 4.92. The molecule has 0 atom stereocenters. The molecule has 0 fully saturated rings. The average molecular weight is 243 g/mol. The van der Waals surface area contributed by atoms with Crippen LogP contribution in [0, 0.1) is 11.3 Å². The van der Waals surface area contributed by atoms with Gasteiger partial charge < -0.3 is 5.11 Å². The molecule has 0 saturated carbocycles. The lowest BCUT2D eigenvalue weighted by molar-refractivity contribution is 0.282. The lowest BCUT2D eigenvalue weighted by atomic mass is 10.2. The van der Waals surface area contributed by atoms with Gasteiger partial charge in [-0.05, 0) is 17.7 Å². The standard InChI is InChI=1S/C12H9N3OS/c13-7-11-12(15-6-5-14-11)17-10-3-1-9(8-16)2-4-10/h1-6,16H,8H2. The molecule has 0 saturated heterocycles. The minimum Gasteiger partial charge on any atom is -0.392 e. The maximum Gasteiger partial charge on any atom is 0.173 e. The Morgan fingerprint density at radius 2 is 1.88 bits per heavy atom. The Morgan fingerprint density at radius 1 is 1.18 bits per heavy atom. The summed E-state index contributed by atoms with van der Waals surface area (Å²) in [4.78, 5) is 9.02. The summed E-state index contributed by atoms with van der Waals surface area (Å²) in [5, 5.41) is 18.4. The van der Waals surface area contributed by atoms with Crippen LogP contribution in [0.1, 0.15) is 11.3 Å². The average Bonchev–Trinajstić information content (AvgIpc) is 2.40. The van der Waals surface area contributed by atoms with E-state index in [-0.39, 0.29) is 6.61 Å². The molecule has 4 nitrogen and oxygen atoms in total. The van der Waals surface area contributed by atoms with Crippen LogP contribution in [0.15, 0.2) is 46.6 Å². The van der Waals surface area contributed by atoms with Crippen LogP contribution in [0.3, 0.4) is 0 Å². The van der Waals surface area contributed by atoms with Gasteiger partial charge in [0, 0.05) is 17.3 Å². The molecule has 0 aliphatic carbocycles. The van der Waals surface area contributed by atoms with Gasteiger partial charge in [0.25, 0.3) is 0 Å². The Balaban J connectivity index is 2.23. The van der Waals surface area contributed by atoms with Crippen molar-refractivity contribution >= 4 is 11.8 Å². The first kappa shape index (κ1) is 11.6. The lowest BCUT2D eigenvalue weighted by Gasteiger charge is -2.02. The number of aliphatic hydroxyl groups is 1. The van der Waals surface area contributed by atoms with Gasteiger partial charge in [-0.15, -0.1) is 0 Å². The molecule has 0 radical (unpaired) electrons. The van der Waals surface area contributed by atoms with Crippen LogP contribution in [0.5, 0.6) is 0 Å². The molecule has 0 amide bonds. The largest absolute Gasteiger partial charge is 0.392 e. The van der Waals surface area contributed by atoms with E-state index >= 15 is 0 Å². The maximum absolute atomic E-state index is 8.93. The zero-order chi connectivity index (χ0) is 12.1. The topological polar surface area (TPSA) is 69.8 Å². The smallest absolute Gasteiger partial charge is 0.173 e. The van der Waals surface area contributed by atoms with E-state index in [0.29, 0.717) is 10.7 Å². The SMILES string of the molecule is N#Cc1nccnc1Sc1ccc(CO)cc1. The van der Waals surface area contributed by atoms with Gasteiger partial charge in [0.05, 0.1) is 6.61 Å². The summed E-state index contributed by atoms with van der Waals surface area (Å²) in [6.45, 7) is 0.0273. The molecule has 1 aromatic heterocycles. The summed E-state index contributed by atoms with van der Waals surface area (Å²) in [7, 11) is 0. The highest BCUT2D eigenvalue weighted by Gasteiger charge is 2.06. The van der Waals surface area contributed by atoms with Gasteiger partial charge in [-0.1, -0.05) is 23.9 Å². The fraction of sp³-hybridized carbons (Fsp3) is 0.0833. The van der Waals surface area contributed by atoms with E-state index in [1.54, 1.807) is 6.20 Å². The summed E-state index contributed by atoms with van der Waals surface area (Å²) < 4.78 is 0. The van der Waals surface area contributed by atoms with Gasteiger partial charge >= 0.3 is 0 Å². The van der Waals surface area contributed by atoms with E-state index in [1.807, 2.05) is 30.3 Å². The van der Waals surface area contributed by atoms with E-state index in [1.165, 1.54) is 18.0 Å². The fourth-order valence-electron chi connectivity index (χ4n) is 1.25. The molecular weight excluding hydrogens is 234 g/mol. The molecule has 1 aromatic carbocycles. The number of benzene rings is 1. The van der Waals surface area contributed by atoms with Crippen LogP contribution < -0.4 is 0 Å². The first-order chi connectivity index (χ1) is 8.33. The summed E-state index contributed by atoms with van der Waals surface area (Å²) in [5.74, 6) is 0. The zero-order valence-corrected chi connectivity index (χ0v) is 9.68. The number of nitrogens with zero attached hydrogens (tertiary/aromatic N) is 3. The molecule has 0 aliphatic heterocycles. The molecule has 17 heavy (non-hydrogen) atoms. The Labute approximate surface area is 103 Å². The summed E-state index contributed by atoms with van der Waals surface area (Å²) in [6.07, 6.45) is 3.06. The predicted molar refractivity (Wildman–Crippen MR) is 63.2 cm³/mol. The van der Waals surface area contributed by atoms with E-state index < -0.39 is 0 Å². The second-order valence-corrected chi connectivity index (χ2v) is 4.29. The van der Waals surface area contributed by atoms with Crippen LogP contribution in [0.2, 0.25) is 0 Å². The number of aromatic nitrogens is 2. The van der Waals surface area contributed by atoms with E-state index in [9.17, 15) is 0 Å². The van der Waals surface area contributed by atoms with Gasteiger partial charge in [-0.2, -0.15) is 5.26 Å². The number of nitriles is 1. The lowest BCUT2D eigenvalue weighted by Crippen LogP contribution is -1.89. The monoisotopic (exact) mass is 243 g/mol. The highest BCUT2D eigenvalue weighted by molar-refractivity contribution is 7.99. The van der Waals surface area contributed by atoms with Crippen LogP contribution >= 0.6 is 11.8 Å². The molecule has 1 heterocycles. The Morgan fingerprint density at radius 3 is 2.53 bits per heavy atom. The molecule has 84 valence electrons. The zero-order valence-electron chi connectivity index (χ0n) is 8.87. The molecular formula is C12H9N3OS. The molecule has 2 rings (SSSR count). The van der Waals surface area contributed by atoms with Gasteiger partial charge in [0.1, 0.15) is 11.1 Å². The number of hydrogen-bond acceptors (Lipinski definition) is 5. The molecule has 0 spiro atoms. The highest BCUT2D eigenvalue weighted by atomic mass is 32.2. The van der Waals surface area contributed by atoms with Crippen molar-refractivity contribution in [2.45, 2.75) is 16.5 Å². The Kier molecular flexibility index (Phi) is 3.70. The van der Waals surface area contributed by atoms with Gasteiger partial charge in [-0.3, -0.25) is 0 Å². The number of rotatable bonds is 3. The molecule has 1 N–H and O–H groups in total. The molecule has 0 unspecified atom stereocenters. The third kappa shape index (κ3) is 2.81. The van der Waals surface area contributed by atoms with Crippen LogP contribution in [-0.2, 0) is 6.61 Å². The third-order valence-corrected chi connectivity index (χ3v) is 3.09.